The van der Waals surface area contributed by atoms with E-state index in [1.807, 2.05) is 13.0 Å². The molecule has 5 heteroatoms. The Bertz CT molecular complexity index is 505. The van der Waals surface area contributed by atoms with Gasteiger partial charge >= 0.3 is 0 Å². The monoisotopic (exact) mass is 464 g/mol. The van der Waals surface area contributed by atoms with Crippen LogP contribution in [-0.4, -0.2) is 42.5 Å². The molecule has 2 atom stereocenters. The van der Waals surface area contributed by atoms with Gasteiger partial charge in [0, 0.05) is 12.6 Å². The highest BCUT2D eigenvalue weighted by Gasteiger charge is 2.19. The quantitative estimate of drug-likeness (QED) is 0.0707. The molecule has 192 valence electrons. The summed E-state index contributed by atoms with van der Waals surface area (Å²) in [6.45, 7) is 5.34. The van der Waals surface area contributed by atoms with Crippen LogP contribution in [0.4, 0.5) is 0 Å². The Morgan fingerprint density at radius 1 is 0.788 bits per heavy atom. The van der Waals surface area contributed by atoms with Crippen molar-refractivity contribution in [3.63, 3.8) is 0 Å². The van der Waals surface area contributed by atoms with E-state index in [2.05, 4.69) is 17.6 Å². The molecular formula is C28H52N2O3. The van der Waals surface area contributed by atoms with Crippen LogP contribution in [0.15, 0.2) is 24.3 Å². The smallest absolute Gasteiger partial charge is 0.244 e. The van der Waals surface area contributed by atoms with Crippen molar-refractivity contribution in [2.45, 2.75) is 129 Å². The summed E-state index contributed by atoms with van der Waals surface area (Å²) in [6, 6.07) is -0.619. The number of hydrogen-bond donors (Lipinski definition) is 3. The molecule has 0 rings (SSSR count). The molecule has 0 unspecified atom stereocenters. The van der Waals surface area contributed by atoms with Crippen molar-refractivity contribution in [1.82, 2.24) is 10.6 Å². The van der Waals surface area contributed by atoms with Gasteiger partial charge in [0.2, 0.25) is 5.91 Å². The number of aldehydes is 1. The van der Waals surface area contributed by atoms with E-state index in [4.69, 9.17) is 0 Å². The van der Waals surface area contributed by atoms with Crippen molar-refractivity contribution in [3.8, 4) is 0 Å². The van der Waals surface area contributed by atoms with Crippen LogP contribution in [0.25, 0.3) is 0 Å². The van der Waals surface area contributed by atoms with E-state index in [-0.39, 0.29) is 5.91 Å². The number of nitrogens with one attached hydrogen (secondary N) is 2. The molecule has 3 N–H and O–H groups in total. The Morgan fingerprint density at radius 2 is 1.27 bits per heavy atom. The van der Waals surface area contributed by atoms with Crippen LogP contribution in [-0.2, 0) is 9.59 Å². The maximum atomic E-state index is 11.9. The molecule has 0 aliphatic heterocycles. The van der Waals surface area contributed by atoms with Crippen LogP contribution in [0.5, 0.6) is 0 Å². The van der Waals surface area contributed by atoms with Gasteiger partial charge in [0.1, 0.15) is 6.10 Å². The second-order valence-electron chi connectivity index (χ2n) is 9.13. The Morgan fingerprint density at radius 3 is 1.73 bits per heavy atom. The zero-order chi connectivity index (χ0) is 24.4. The molecule has 0 aliphatic carbocycles. The minimum atomic E-state index is -1.21. The predicted molar refractivity (Wildman–Crippen MR) is 140 cm³/mol. The fraction of sp³-hybridized carbons (Fsp3) is 0.786. The summed E-state index contributed by atoms with van der Waals surface area (Å²) in [6.07, 6.45) is 27.4. The van der Waals surface area contributed by atoms with Crippen molar-refractivity contribution in [2.24, 2.45) is 0 Å². The molecule has 5 nitrogen and oxygen atoms in total. The zero-order valence-electron chi connectivity index (χ0n) is 21.5. The number of carbonyl (C=O) groups is 2. The van der Waals surface area contributed by atoms with Crippen LogP contribution >= 0.6 is 0 Å². The number of aliphatic hydroxyl groups excluding tert-OH is 1. The molecule has 0 saturated heterocycles. The SMILES string of the molecule is C/C=C/C=C/C(=O)N[C@@H](CNCCCCCCCCCCCCCCCCCC)[C@@H](O)C=O. The van der Waals surface area contributed by atoms with E-state index < -0.39 is 12.1 Å². The third kappa shape index (κ3) is 22.1. The average Bonchev–Trinajstić information content (AvgIpc) is 2.82. The third-order valence-electron chi connectivity index (χ3n) is 6.00. The van der Waals surface area contributed by atoms with Gasteiger partial charge < -0.3 is 20.5 Å². The van der Waals surface area contributed by atoms with Crippen molar-refractivity contribution >= 4 is 12.2 Å². The van der Waals surface area contributed by atoms with Gasteiger partial charge in [0.15, 0.2) is 6.29 Å². The Balaban J connectivity index is 3.56. The second kappa shape index (κ2) is 25.2. The molecule has 0 aromatic carbocycles. The first-order valence-corrected chi connectivity index (χ1v) is 13.6. The molecular weight excluding hydrogens is 412 g/mol. The Kier molecular flexibility index (Phi) is 24.1. The number of allylic oxidation sites excluding steroid dienone is 3. The van der Waals surface area contributed by atoms with Crippen LogP contribution in [0.1, 0.15) is 117 Å². The van der Waals surface area contributed by atoms with Gasteiger partial charge in [-0.1, -0.05) is 121 Å². The van der Waals surface area contributed by atoms with Crippen LogP contribution in [0, 0.1) is 0 Å². The van der Waals surface area contributed by atoms with Crippen molar-refractivity contribution in [1.29, 1.82) is 0 Å². The lowest BCUT2D eigenvalue weighted by molar-refractivity contribution is -0.120. The molecule has 0 aliphatic rings. The summed E-state index contributed by atoms with van der Waals surface area (Å²) in [5, 5.41) is 15.8. The molecule has 0 spiro atoms. The van der Waals surface area contributed by atoms with E-state index in [0.29, 0.717) is 12.8 Å². The second-order valence-corrected chi connectivity index (χ2v) is 9.13. The lowest BCUT2D eigenvalue weighted by Crippen LogP contribution is -2.49. The number of carbonyl (C=O) groups excluding carboxylic acids is 2. The van der Waals surface area contributed by atoms with Gasteiger partial charge in [0.25, 0.3) is 0 Å². The summed E-state index contributed by atoms with van der Waals surface area (Å²) in [7, 11) is 0. The standard InChI is InChI=1S/C28H52N2O3/c1-3-5-7-8-9-10-11-12-13-14-15-16-17-18-19-21-23-29-24-26(27(32)25-31)30-28(33)22-20-6-4-2/h4,6,20,22,25-27,29,32H,3,5,7-19,21,23-24H2,1-2H3,(H,30,33)/b6-4+,22-20+/t26-,27-/m0/s1. The number of aliphatic hydroxyl groups is 1. The predicted octanol–water partition coefficient (Wildman–Crippen LogP) is 6.01. The summed E-state index contributed by atoms with van der Waals surface area (Å²) < 4.78 is 0. The minimum absolute atomic E-state index is 0.316. The van der Waals surface area contributed by atoms with Gasteiger partial charge in [-0.3, -0.25) is 4.79 Å². The Hall–Kier alpha value is -1.46. The lowest BCUT2D eigenvalue weighted by atomic mass is 10.0. The van der Waals surface area contributed by atoms with Gasteiger partial charge in [-0.05, 0) is 19.9 Å². The first-order chi connectivity index (χ1) is 16.2. The highest BCUT2D eigenvalue weighted by molar-refractivity contribution is 5.88. The maximum Gasteiger partial charge on any atom is 0.244 e. The molecule has 0 aromatic heterocycles. The maximum absolute atomic E-state index is 11.9. The molecule has 33 heavy (non-hydrogen) atoms. The van der Waals surface area contributed by atoms with Gasteiger partial charge in [0.05, 0.1) is 6.04 Å². The fourth-order valence-electron chi connectivity index (χ4n) is 3.89. The molecule has 0 fully saturated rings. The van der Waals surface area contributed by atoms with Crippen LogP contribution < -0.4 is 10.6 Å². The third-order valence-corrected chi connectivity index (χ3v) is 6.00. The van der Waals surface area contributed by atoms with Crippen molar-refractivity contribution < 1.29 is 14.7 Å². The highest BCUT2D eigenvalue weighted by atomic mass is 16.3. The lowest BCUT2D eigenvalue weighted by Gasteiger charge is -2.20. The van der Waals surface area contributed by atoms with Gasteiger partial charge in [-0.15, -0.1) is 0 Å². The minimum Gasteiger partial charge on any atom is -0.383 e. The van der Waals surface area contributed by atoms with E-state index in [0.717, 1.165) is 13.0 Å². The fourth-order valence-corrected chi connectivity index (χ4v) is 3.89. The molecule has 0 aromatic rings. The number of amides is 1. The van der Waals surface area contributed by atoms with Crippen LogP contribution in [0.3, 0.4) is 0 Å². The molecule has 0 radical (unpaired) electrons. The molecule has 0 heterocycles. The summed E-state index contributed by atoms with van der Waals surface area (Å²) in [4.78, 5) is 22.8. The number of rotatable bonds is 24. The first-order valence-electron chi connectivity index (χ1n) is 13.6. The molecule has 0 bridgehead atoms. The van der Waals surface area contributed by atoms with Crippen molar-refractivity contribution in [2.75, 3.05) is 13.1 Å². The van der Waals surface area contributed by atoms with E-state index >= 15 is 0 Å². The molecule has 1 amide bonds. The molecule has 0 saturated carbocycles. The zero-order valence-corrected chi connectivity index (χ0v) is 21.5. The first kappa shape index (κ1) is 31.5. The summed E-state index contributed by atoms with van der Waals surface area (Å²) in [5.74, 6) is -0.316. The number of unbranched alkanes of at least 4 members (excludes halogenated alkanes) is 15. The normalized spacial score (nSPS) is 13.5. The van der Waals surface area contributed by atoms with Gasteiger partial charge in [-0.25, -0.2) is 0 Å². The largest absolute Gasteiger partial charge is 0.383 e. The average molecular weight is 465 g/mol. The van der Waals surface area contributed by atoms with Crippen molar-refractivity contribution in [3.05, 3.63) is 24.3 Å². The van der Waals surface area contributed by atoms with E-state index in [9.17, 15) is 14.7 Å². The topological polar surface area (TPSA) is 78.4 Å². The summed E-state index contributed by atoms with van der Waals surface area (Å²) >= 11 is 0. The Labute approximate surface area is 203 Å². The van der Waals surface area contributed by atoms with Crippen LogP contribution in [0.2, 0.25) is 0 Å². The summed E-state index contributed by atoms with van der Waals surface area (Å²) in [5.41, 5.74) is 0. The van der Waals surface area contributed by atoms with E-state index in [1.54, 1.807) is 12.2 Å². The van der Waals surface area contributed by atoms with E-state index in [1.165, 1.54) is 102 Å². The highest BCUT2D eigenvalue weighted by Crippen LogP contribution is 2.13. The van der Waals surface area contributed by atoms with Gasteiger partial charge in [-0.2, -0.15) is 0 Å². The number of hydrogen-bond acceptors (Lipinski definition) is 4.